The number of rotatable bonds is 5. The second-order valence-corrected chi connectivity index (χ2v) is 5.32. The van der Waals surface area contributed by atoms with E-state index in [-0.39, 0.29) is 18.1 Å². The zero-order valence-electron chi connectivity index (χ0n) is 13.4. The average molecular weight is 331 g/mol. The Labute approximate surface area is 138 Å². The number of nitro groups is 1. The van der Waals surface area contributed by atoms with Gasteiger partial charge in [-0.05, 0) is 38.0 Å². The van der Waals surface area contributed by atoms with E-state index >= 15 is 0 Å². The Morgan fingerprint density at radius 1 is 1.38 bits per heavy atom. The number of carbonyl (C=O) groups is 2. The first kappa shape index (κ1) is 17.3. The summed E-state index contributed by atoms with van der Waals surface area (Å²) in [6.07, 6.45) is 0.946. The van der Waals surface area contributed by atoms with E-state index in [1.165, 1.54) is 12.1 Å². The standard InChI is InChI=1S/C15H17N5O4/c1-10-3-8-15(22)19(18-10)9-14(21)17-16-11(2)12-4-6-13(7-5-12)20(23)24/h4-7H,3,8-9H2,1-2H3,(H,17,21)/b16-11+. The molecule has 0 saturated heterocycles. The van der Waals surface area contributed by atoms with Crippen molar-refractivity contribution in [3.8, 4) is 0 Å². The van der Waals surface area contributed by atoms with Crippen molar-refractivity contribution in [1.29, 1.82) is 0 Å². The van der Waals surface area contributed by atoms with Crippen molar-refractivity contribution in [1.82, 2.24) is 10.4 Å². The predicted molar refractivity (Wildman–Crippen MR) is 87.5 cm³/mol. The van der Waals surface area contributed by atoms with Gasteiger partial charge in [0, 0.05) is 24.3 Å². The van der Waals surface area contributed by atoms with Gasteiger partial charge >= 0.3 is 0 Å². The Kier molecular flexibility index (Phi) is 5.35. The van der Waals surface area contributed by atoms with Crippen LogP contribution in [0.3, 0.4) is 0 Å². The van der Waals surface area contributed by atoms with Gasteiger partial charge in [0.1, 0.15) is 6.54 Å². The molecule has 0 aromatic heterocycles. The van der Waals surface area contributed by atoms with Gasteiger partial charge in [-0.2, -0.15) is 10.2 Å². The molecule has 0 radical (unpaired) electrons. The van der Waals surface area contributed by atoms with Gasteiger partial charge in [0.05, 0.1) is 10.6 Å². The minimum Gasteiger partial charge on any atom is -0.273 e. The number of carbonyl (C=O) groups excluding carboxylic acids is 2. The lowest BCUT2D eigenvalue weighted by molar-refractivity contribution is -0.384. The first-order chi connectivity index (χ1) is 11.4. The van der Waals surface area contributed by atoms with Crippen LogP contribution in [0.25, 0.3) is 0 Å². The maximum Gasteiger partial charge on any atom is 0.269 e. The molecule has 0 spiro atoms. The highest BCUT2D eigenvalue weighted by atomic mass is 16.6. The van der Waals surface area contributed by atoms with Gasteiger partial charge in [-0.25, -0.2) is 10.4 Å². The average Bonchev–Trinajstić information content (AvgIpc) is 2.56. The lowest BCUT2D eigenvalue weighted by atomic mass is 10.1. The molecule has 1 aliphatic heterocycles. The topological polar surface area (TPSA) is 117 Å². The van der Waals surface area contributed by atoms with Crippen LogP contribution in [-0.4, -0.2) is 39.7 Å². The molecular formula is C15H17N5O4. The number of nitro benzene ring substituents is 1. The van der Waals surface area contributed by atoms with Crippen LogP contribution in [0.4, 0.5) is 5.69 Å². The first-order valence-electron chi connectivity index (χ1n) is 7.29. The van der Waals surface area contributed by atoms with E-state index in [2.05, 4.69) is 15.6 Å². The molecule has 0 bridgehead atoms. The van der Waals surface area contributed by atoms with E-state index in [1.807, 2.05) is 0 Å². The Bertz CT molecular complexity index is 724. The lowest BCUT2D eigenvalue weighted by Gasteiger charge is -2.21. The monoisotopic (exact) mass is 331 g/mol. The van der Waals surface area contributed by atoms with Crippen LogP contribution in [0.5, 0.6) is 0 Å². The fourth-order valence-electron chi connectivity index (χ4n) is 2.06. The van der Waals surface area contributed by atoms with Crippen LogP contribution in [-0.2, 0) is 9.59 Å². The summed E-state index contributed by atoms with van der Waals surface area (Å²) < 4.78 is 0. The van der Waals surface area contributed by atoms with Crippen molar-refractivity contribution in [3.63, 3.8) is 0 Å². The van der Waals surface area contributed by atoms with Crippen molar-refractivity contribution < 1.29 is 14.5 Å². The van der Waals surface area contributed by atoms with Crippen LogP contribution in [0.1, 0.15) is 32.3 Å². The molecule has 0 saturated carbocycles. The van der Waals surface area contributed by atoms with Gasteiger partial charge in [0.2, 0.25) is 5.91 Å². The van der Waals surface area contributed by atoms with Gasteiger partial charge in [0.25, 0.3) is 11.6 Å². The van der Waals surface area contributed by atoms with Crippen molar-refractivity contribution in [2.75, 3.05) is 6.54 Å². The molecule has 0 atom stereocenters. The maximum absolute atomic E-state index is 11.9. The number of non-ortho nitro benzene ring substituents is 1. The summed E-state index contributed by atoms with van der Waals surface area (Å²) in [6.45, 7) is 3.26. The number of benzene rings is 1. The van der Waals surface area contributed by atoms with E-state index < -0.39 is 10.8 Å². The lowest BCUT2D eigenvalue weighted by Crippen LogP contribution is -2.38. The summed E-state index contributed by atoms with van der Waals surface area (Å²) in [5, 5.41) is 19.7. The third kappa shape index (κ3) is 4.45. The minimum atomic E-state index is -0.490. The molecule has 9 heteroatoms. The quantitative estimate of drug-likeness (QED) is 0.499. The second-order valence-electron chi connectivity index (χ2n) is 5.32. The number of hydrazone groups is 2. The fraction of sp³-hybridized carbons (Fsp3) is 0.333. The smallest absolute Gasteiger partial charge is 0.269 e. The molecule has 1 aromatic rings. The molecule has 24 heavy (non-hydrogen) atoms. The summed E-state index contributed by atoms with van der Waals surface area (Å²) in [5.41, 5.74) is 4.26. The van der Waals surface area contributed by atoms with Crippen molar-refractivity contribution >= 4 is 28.9 Å². The van der Waals surface area contributed by atoms with E-state index in [9.17, 15) is 19.7 Å². The first-order valence-corrected chi connectivity index (χ1v) is 7.29. The van der Waals surface area contributed by atoms with Gasteiger partial charge in [-0.15, -0.1) is 0 Å². The fourth-order valence-corrected chi connectivity index (χ4v) is 2.06. The largest absolute Gasteiger partial charge is 0.273 e. The molecule has 2 rings (SSSR count). The van der Waals surface area contributed by atoms with Gasteiger partial charge in [-0.3, -0.25) is 19.7 Å². The molecule has 9 nitrogen and oxygen atoms in total. The molecule has 1 aliphatic rings. The molecular weight excluding hydrogens is 314 g/mol. The molecule has 1 N–H and O–H groups in total. The van der Waals surface area contributed by atoms with Crippen LogP contribution in [0, 0.1) is 10.1 Å². The van der Waals surface area contributed by atoms with E-state index in [4.69, 9.17) is 0 Å². The molecule has 2 amide bonds. The summed E-state index contributed by atoms with van der Waals surface area (Å²) in [5.74, 6) is -0.671. The van der Waals surface area contributed by atoms with Crippen LogP contribution >= 0.6 is 0 Å². The minimum absolute atomic E-state index is 0.0209. The Morgan fingerprint density at radius 3 is 2.67 bits per heavy atom. The van der Waals surface area contributed by atoms with Crippen molar-refractivity contribution in [3.05, 3.63) is 39.9 Å². The highest BCUT2D eigenvalue weighted by Gasteiger charge is 2.20. The Morgan fingerprint density at radius 2 is 2.04 bits per heavy atom. The third-order valence-electron chi connectivity index (χ3n) is 3.42. The number of nitrogens with zero attached hydrogens (tertiary/aromatic N) is 4. The maximum atomic E-state index is 11.9. The molecule has 1 aromatic carbocycles. The summed E-state index contributed by atoms with van der Waals surface area (Å²) >= 11 is 0. The Hall–Kier alpha value is -3.10. The molecule has 126 valence electrons. The molecule has 0 aliphatic carbocycles. The van der Waals surface area contributed by atoms with Crippen LogP contribution in [0.2, 0.25) is 0 Å². The number of hydrogen-bond donors (Lipinski definition) is 1. The van der Waals surface area contributed by atoms with Gasteiger partial charge in [-0.1, -0.05) is 0 Å². The van der Waals surface area contributed by atoms with E-state index in [0.29, 0.717) is 24.1 Å². The normalized spacial score (nSPS) is 15.1. The predicted octanol–water partition coefficient (Wildman–Crippen LogP) is 1.43. The molecule has 0 unspecified atom stereocenters. The molecule has 0 fully saturated rings. The number of amides is 2. The number of nitrogens with one attached hydrogen (secondary N) is 1. The second kappa shape index (κ2) is 7.44. The van der Waals surface area contributed by atoms with Crippen molar-refractivity contribution in [2.24, 2.45) is 10.2 Å². The zero-order chi connectivity index (χ0) is 17.7. The summed E-state index contributed by atoms with van der Waals surface area (Å²) in [4.78, 5) is 33.7. The zero-order valence-corrected chi connectivity index (χ0v) is 13.4. The highest BCUT2D eigenvalue weighted by molar-refractivity contribution is 5.99. The van der Waals surface area contributed by atoms with Gasteiger partial charge < -0.3 is 0 Å². The Balaban J connectivity index is 1.96. The van der Waals surface area contributed by atoms with Crippen LogP contribution < -0.4 is 5.43 Å². The summed E-state index contributed by atoms with van der Waals surface area (Å²) in [6, 6.07) is 5.82. The molecule has 1 heterocycles. The SMILES string of the molecule is CC1=NN(CC(=O)N/N=C(\C)c2ccc([N+](=O)[O-])cc2)C(=O)CC1. The highest BCUT2D eigenvalue weighted by Crippen LogP contribution is 2.12. The van der Waals surface area contributed by atoms with Crippen molar-refractivity contribution in [2.45, 2.75) is 26.7 Å². The third-order valence-corrected chi connectivity index (χ3v) is 3.42. The van der Waals surface area contributed by atoms with Gasteiger partial charge in [0.15, 0.2) is 0 Å². The number of hydrogen-bond acceptors (Lipinski definition) is 6. The van der Waals surface area contributed by atoms with E-state index in [0.717, 1.165) is 10.7 Å². The van der Waals surface area contributed by atoms with E-state index in [1.54, 1.807) is 26.0 Å². The summed E-state index contributed by atoms with van der Waals surface area (Å²) in [7, 11) is 0. The van der Waals surface area contributed by atoms with Crippen LogP contribution in [0.15, 0.2) is 34.5 Å².